The van der Waals surface area contributed by atoms with Crippen molar-refractivity contribution in [1.82, 2.24) is 4.90 Å². The maximum absolute atomic E-state index is 13.9. The monoisotopic (exact) mass is 293 g/mol. The van der Waals surface area contributed by atoms with Crippen LogP contribution < -0.4 is 0 Å². The fourth-order valence-corrected chi connectivity index (χ4v) is 4.11. The molecule has 1 atom stereocenters. The zero-order valence-electron chi connectivity index (χ0n) is 10.1. The lowest BCUT2D eigenvalue weighted by molar-refractivity contribution is 0.0764. The Morgan fingerprint density at radius 3 is 2.84 bits per heavy atom. The molecule has 1 aromatic heterocycles. The fraction of sp³-hybridized carbons (Fsp3) is 0.214. The van der Waals surface area contributed by atoms with E-state index in [1.54, 1.807) is 28.8 Å². The molecular formula is C14H12FNOS2. The highest BCUT2D eigenvalue weighted by Crippen LogP contribution is 2.39. The molecule has 1 aliphatic heterocycles. The van der Waals surface area contributed by atoms with Gasteiger partial charge >= 0.3 is 0 Å². The van der Waals surface area contributed by atoms with Gasteiger partial charge in [-0.25, -0.2) is 4.39 Å². The third kappa shape index (κ3) is 2.40. The number of hydrogen-bond donors (Lipinski definition) is 0. The first-order chi connectivity index (χ1) is 9.27. The van der Waals surface area contributed by atoms with Crippen molar-refractivity contribution in [1.29, 1.82) is 0 Å². The Balaban J connectivity index is 1.90. The smallest absolute Gasteiger partial charge is 0.265 e. The lowest BCUT2D eigenvalue weighted by Gasteiger charge is -2.23. The number of thiophene rings is 1. The quantitative estimate of drug-likeness (QED) is 0.840. The van der Waals surface area contributed by atoms with Crippen molar-refractivity contribution in [3.63, 3.8) is 0 Å². The first kappa shape index (κ1) is 12.7. The lowest BCUT2D eigenvalue weighted by Crippen LogP contribution is -2.30. The van der Waals surface area contributed by atoms with E-state index in [1.807, 2.05) is 23.6 Å². The average Bonchev–Trinajstić information content (AvgIpc) is 3.10. The Hall–Kier alpha value is -1.33. The lowest BCUT2D eigenvalue weighted by atomic mass is 10.2. The summed E-state index contributed by atoms with van der Waals surface area (Å²) in [7, 11) is 0. The molecule has 5 heteroatoms. The molecule has 19 heavy (non-hydrogen) atoms. The van der Waals surface area contributed by atoms with Crippen LogP contribution >= 0.6 is 23.1 Å². The summed E-state index contributed by atoms with van der Waals surface area (Å²) in [6.45, 7) is 0.667. The largest absolute Gasteiger partial charge is 0.321 e. The summed E-state index contributed by atoms with van der Waals surface area (Å²) < 4.78 is 13.9. The summed E-state index contributed by atoms with van der Waals surface area (Å²) in [5, 5.41) is 1.67. The van der Waals surface area contributed by atoms with Crippen LogP contribution in [0.2, 0.25) is 0 Å². The van der Waals surface area contributed by atoms with Gasteiger partial charge in [-0.15, -0.1) is 23.1 Å². The van der Waals surface area contributed by atoms with Crippen LogP contribution in [0.15, 0.2) is 41.8 Å². The van der Waals surface area contributed by atoms with E-state index in [2.05, 4.69) is 0 Å². The number of carbonyl (C=O) groups is 1. The molecule has 0 spiro atoms. The minimum Gasteiger partial charge on any atom is -0.321 e. The second kappa shape index (κ2) is 5.35. The van der Waals surface area contributed by atoms with E-state index in [-0.39, 0.29) is 17.1 Å². The minimum absolute atomic E-state index is 0.00625. The maximum atomic E-state index is 13.9. The number of nitrogens with zero attached hydrogens (tertiary/aromatic N) is 1. The fourth-order valence-electron chi connectivity index (χ4n) is 2.15. The van der Waals surface area contributed by atoms with Crippen molar-refractivity contribution in [2.24, 2.45) is 0 Å². The highest BCUT2D eigenvalue weighted by atomic mass is 32.2. The minimum atomic E-state index is -0.245. The van der Waals surface area contributed by atoms with Crippen molar-refractivity contribution in [2.75, 3.05) is 12.3 Å². The Morgan fingerprint density at radius 2 is 2.11 bits per heavy atom. The summed E-state index contributed by atoms with van der Waals surface area (Å²) in [6, 6.07) is 10.4. The number of thioether (sulfide) groups is 1. The van der Waals surface area contributed by atoms with Crippen LogP contribution in [0.4, 0.5) is 4.39 Å². The highest BCUT2D eigenvalue weighted by molar-refractivity contribution is 7.99. The zero-order valence-corrected chi connectivity index (χ0v) is 11.7. The summed E-state index contributed by atoms with van der Waals surface area (Å²) in [5.41, 5.74) is 0.593. The van der Waals surface area contributed by atoms with Gasteiger partial charge < -0.3 is 4.90 Å². The molecule has 2 nitrogen and oxygen atoms in total. The normalized spacial score (nSPS) is 18.8. The molecule has 0 radical (unpaired) electrons. The number of carbonyl (C=O) groups excluding carboxylic acids is 1. The van der Waals surface area contributed by atoms with E-state index in [4.69, 9.17) is 0 Å². The molecule has 3 rings (SSSR count). The molecule has 1 amide bonds. The van der Waals surface area contributed by atoms with Gasteiger partial charge in [0, 0.05) is 17.9 Å². The predicted octanol–water partition coefficient (Wildman–Crippen LogP) is 3.78. The second-order valence-electron chi connectivity index (χ2n) is 4.22. The summed E-state index contributed by atoms with van der Waals surface area (Å²) in [4.78, 5) is 14.9. The van der Waals surface area contributed by atoms with Crippen molar-refractivity contribution in [2.45, 2.75) is 5.37 Å². The van der Waals surface area contributed by atoms with Gasteiger partial charge in [0.1, 0.15) is 11.2 Å². The van der Waals surface area contributed by atoms with Crippen LogP contribution in [0.1, 0.15) is 20.6 Å². The van der Waals surface area contributed by atoms with Crippen LogP contribution in [0.3, 0.4) is 0 Å². The zero-order chi connectivity index (χ0) is 13.2. The van der Waals surface area contributed by atoms with Crippen LogP contribution in [0.5, 0.6) is 0 Å². The molecule has 2 heterocycles. The molecule has 1 fully saturated rings. The van der Waals surface area contributed by atoms with E-state index in [0.29, 0.717) is 17.0 Å². The van der Waals surface area contributed by atoms with Gasteiger partial charge in [-0.3, -0.25) is 4.79 Å². The summed E-state index contributed by atoms with van der Waals surface area (Å²) >= 11 is 3.04. The molecule has 1 unspecified atom stereocenters. The molecule has 0 bridgehead atoms. The molecule has 1 aromatic carbocycles. The molecule has 1 aliphatic rings. The number of benzene rings is 1. The molecular weight excluding hydrogens is 281 g/mol. The molecule has 98 valence electrons. The van der Waals surface area contributed by atoms with Crippen molar-refractivity contribution >= 4 is 29.0 Å². The van der Waals surface area contributed by atoms with Gasteiger partial charge in [-0.05, 0) is 17.5 Å². The van der Waals surface area contributed by atoms with Gasteiger partial charge in [0.15, 0.2) is 0 Å². The Kier molecular flexibility index (Phi) is 3.57. The first-order valence-electron chi connectivity index (χ1n) is 5.98. The predicted molar refractivity (Wildman–Crippen MR) is 77.0 cm³/mol. The van der Waals surface area contributed by atoms with E-state index in [0.717, 1.165) is 5.75 Å². The standard InChI is InChI=1S/C14H12FNOS2/c15-11-5-2-1-4-10(11)14-16(7-9-19-14)13(17)12-6-3-8-18-12/h1-6,8,14H,7,9H2. The van der Waals surface area contributed by atoms with Crippen molar-refractivity contribution < 1.29 is 9.18 Å². The van der Waals surface area contributed by atoms with Crippen LogP contribution in [-0.2, 0) is 0 Å². The number of halogens is 1. The van der Waals surface area contributed by atoms with Crippen LogP contribution in [0.25, 0.3) is 0 Å². The average molecular weight is 293 g/mol. The van der Waals surface area contributed by atoms with Crippen molar-refractivity contribution in [3.05, 3.63) is 58.0 Å². The molecule has 2 aromatic rings. The van der Waals surface area contributed by atoms with E-state index in [9.17, 15) is 9.18 Å². The van der Waals surface area contributed by atoms with E-state index in [1.165, 1.54) is 17.4 Å². The summed E-state index contributed by atoms with van der Waals surface area (Å²) in [5.74, 6) is 0.593. The van der Waals surface area contributed by atoms with Crippen molar-refractivity contribution in [3.8, 4) is 0 Å². The van der Waals surface area contributed by atoms with Gasteiger partial charge in [0.05, 0.1) is 4.88 Å². The Bertz CT molecular complexity index is 585. The molecule has 1 saturated heterocycles. The van der Waals surface area contributed by atoms with E-state index >= 15 is 0 Å². The third-order valence-corrected chi connectivity index (χ3v) is 5.16. The molecule has 0 saturated carbocycles. The molecule has 0 N–H and O–H groups in total. The van der Waals surface area contributed by atoms with E-state index < -0.39 is 0 Å². The highest BCUT2D eigenvalue weighted by Gasteiger charge is 2.33. The number of rotatable bonds is 2. The summed E-state index contributed by atoms with van der Waals surface area (Å²) in [6.07, 6.45) is 0. The van der Waals surface area contributed by atoms with Crippen LogP contribution in [0, 0.1) is 5.82 Å². The first-order valence-corrected chi connectivity index (χ1v) is 7.91. The second-order valence-corrected chi connectivity index (χ2v) is 6.36. The number of amides is 1. The Morgan fingerprint density at radius 1 is 1.26 bits per heavy atom. The Labute approximate surface area is 119 Å². The van der Waals surface area contributed by atoms with Crippen LogP contribution in [-0.4, -0.2) is 23.1 Å². The maximum Gasteiger partial charge on any atom is 0.265 e. The van der Waals surface area contributed by atoms with Gasteiger partial charge in [-0.1, -0.05) is 24.3 Å². The third-order valence-electron chi connectivity index (χ3n) is 3.06. The van der Waals surface area contributed by atoms with Gasteiger partial charge in [0.2, 0.25) is 0 Å². The van der Waals surface area contributed by atoms with Gasteiger partial charge in [0.25, 0.3) is 5.91 Å². The number of hydrogen-bond acceptors (Lipinski definition) is 3. The molecule has 0 aliphatic carbocycles. The topological polar surface area (TPSA) is 20.3 Å². The van der Waals surface area contributed by atoms with Gasteiger partial charge in [-0.2, -0.15) is 0 Å². The SMILES string of the molecule is O=C(c1cccs1)N1CCSC1c1ccccc1F.